The van der Waals surface area contributed by atoms with Crippen LogP contribution in [-0.2, 0) is 0 Å². The second-order valence-electron chi connectivity index (χ2n) is 2.35. The molecule has 0 aliphatic heterocycles. The molecule has 1 aromatic rings. The first-order chi connectivity index (χ1) is 5.83. The molecule has 3 heteroatoms. The Balaban J connectivity index is 2.64. The zero-order chi connectivity index (χ0) is 8.81. The van der Waals surface area contributed by atoms with Gasteiger partial charge in [0.05, 0.1) is 4.70 Å². The predicted octanol–water partition coefficient (Wildman–Crippen LogP) is 3.02. The van der Waals surface area contributed by atoms with Crippen molar-refractivity contribution in [3.05, 3.63) is 35.4 Å². The average Bonchev–Trinajstić information content (AvgIpc) is 2.09. The molecule has 0 aliphatic carbocycles. The predicted molar refractivity (Wildman–Crippen MR) is 60.0 cm³/mol. The summed E-state index contributed by atoms with van der Waals surface area (Å²) in [7, 11) is 0. The van der Waals surface area contributed by atoms with Gasteiger partial charge in [-0.2, -0.15) is 0 Å². The molecule has 0 heterocycles. The molecule has 0 N–H and O–H groups in total. The fraction of sp³-hybridized carbons (Fsp3) is 0.111. The van der Waals surface area contributed by atoms with Gasteiger partial charge in [-0.05, 0) is 12.5 Å². The molecule has 0 saturated carbocycles. The number of thiocarbonyl (C=S) groups is 1. The summed E-state index contributed by atoms with van der Waals surface area (Å²) in [5, 5.41) is 0. The molecule has 0 spiro atoms. The molecule has 0 bridgehead atoms. The van der Waals surface area contributed by atoms with Crippen LogP contribution < -0.4 is 0 Å². The second-order valence-corrected chi connectivity index (χ2v) is 3.54. The number of rotatable bonds is 3. The van der Waals surface area contributed by atoms with Crippen molar-refractivity contribution in [2.45, 2.75) is 6.92 Å². The number of hydrogen-bond acceptors (Lipinski definition) is 3. The van der Waals surface area contributed by atoms with E-state index in [-0.39, 0.29) is 0 Å². The summed E-state index contributed by atoms with van der Waals surface area (Å²) >= 11 is 5.88. The Bertz CT molecular complexity index is 277. The Morgan fingerprint density at radius 2 is 2.00 bits per heavy atom. The Morgan fingerprint density at radius 3 is 2.58 bits per heavy atom. The van der Waals surface area contributed by atoms with E-state index < -0.39 is 0 Å². The topological polar surface area (TPSA) is 12.4 Å². The molecule has 1 aromatic carbocycles. The molecular weight excluding hydrogens is 186 g/mol. The standard InChI is InChI=1S/C9H9NS2/c1-8-2-4-9(5-3-8)6-10-12-7-11/h2-7H,1H3/b10-6+. The van der Waals surface area contributed by atoms with E-state index in [0.29, 0.717) is 0 Å². The maximum absolute atomic E-state index is 4.61. The number of hydrogen-bond donors (Lipinski definition) is 0. The third-order valence-corrected chi connectivity index (χ3v) is 1.95. The fourth-order valence-corrected chi connectivity index (χ4v) is 1.15. The van der Waals surface area contributed by atoms with E-state index >= 15 is 0 Å². The molecule has 0 atom stereocenters. The molecule has 0 amide bonds. The van der Waals surface area contributed by atoms with Crippen LogP contribution in [0.25, 0.3) is 0 Å². The highest BCUT2D eigenvalue weighted by Crippen LogP contribution is 2.02. The van der Waals surface area contributed by atoms with Gasteiger partial charge in [-0.15, -0.1) is 0 Å². The second kappa shape index (κ2) is 5.06. The highest BCUT2D eigenvalue weighted by atomic mass is 32.2. The van der Waals surface area contributed by atoms with Gasteiger partial charge in [0.1, 0.15) is 0 Å². The van der Waals surface area contributed by atoms with E-state index in [1.54, 1.807) is 6.21 Å². The first-order valence-electron chi connectivity index (χ1n) is 3.52. The minimum Gasteiger partial charge on any atom is -0.219 e. The van der Waals surface area contributed by atoms with Crippen LogP contribution in [0.2, 0.25) is 0 Å². The van der Waals surface area contributed by atoms with Gasteiger partial charge >= 0.3 is 0 Å². The third kappa shape index (κ3) is 3.15. The smallest absolute Gasteiger partial charge is 0.0574 e. The van der Waals surface area contributed by atoms with E-state index in [0.717, 1.165) is 5.56 Å². The quantitative estimate of drug-likeness (QED) is 0.417. The van der Waals surface area contributed by atoms with Crippen LogP contribution in [0.4, 0.5) is 0 Å². The van der Waals surface area contributed by atoms with E-state index in [4.69, 9.17) is 0 Å². The van der Waals surface area contributed by atoms with Gasteiger partial charge in [-0.25, -0.2) is 4.40 Å². The van der Waals surface area contributed by atoms with Crippen LogP contribution in [0.3, 0.4) is 0 Å². The van der Waals surface area contributed by atoms with Crippen molar-refractivity contribution < 1.29 is 0 Å². The van der Waals surface area contributed by atoms with Crippen LogP contribution in [0.1, 0.15) is 11.1 Å². The lowest BCUT2D eigenvalue weighted by Crippen LogP contribution is -1.79. The molecule has 0 saturated heterocycles. The lowest BCUT2D eigenvalue weighted by atomic mass is 10.2. The van der Waals surface area contributed by atoms with Crippen LogP contribution >= 0.6 is 24.2 Å². The zero-order valence-electron chi connectivity index (χ0n) is 6.73. The molecule has 0 fully saturated rings. The van der Waals surface area contributed by atoms with Crippen molar-refractivity contribution in [3.63, 3.8) is 0 Å². The Labute approximate surface area is 82.0 Å². The molecule has 1 nitrogen and oxygen atoms in total. The normalized spacial score (nSPS) is 10.4. The van der Waals surface area contributed by atoms with Crippen molar-refractivity contribution in [1.82, 2.24) is 0 Å². The maximum atomic E-state index is 4.61. The van der Waals surface area contributed by atoms with E-state index in [9.17, 15) is 0 Å². The summed E-state index contributed by atoms with van der Waals surface area (Å²) < 4.78 is 5.55. The van der Waals surface area contributed by atoms with Crippen molar-refractivity contribution >= 4 is 35.1 Å². The summed E-state index contributed by atoms with van der Waals surface area (Å²) in [6.07, 6.45) is 1.80. The van der Waals surface area contributed by atoms with Gasteiger partial charge in [0, 0.05) is 18.2 Å². The van der Waals surface area contributed by atoms with Gasteiger partial charge in [-0.3, -0.25) is 0 Å². The number of aryl methyl sites for hydroxylation is 1. The highest BCUT2D eigenvalue weighted by Gasteiger charge is 1.85. The Morgan fingerprint density at radius 1 is 1.33 bits per heavy atom. The van der Waals surface area contributed by atoms with Crippen LogP contribution in [0.5, 0.6) is 0 Å². The summed E-state index contributed by atoms with van der Waals surface area (Å²) in [6, 6.07) is 8.18. The number of nitrogens with zero attached hydrogens (tertiary/aromatic N) is 1. The third-order valence-electron chi connectivity index (χ3n) is 1.38. The summed E-state index contributed by atoms with van der Waals surface area (Å²) in [5.41, 5.74) is 2.36. The Hall–Kier alpha value is -0.670. The van der Waals surface area contributed by atoms with Gasteiger partial charge in [0.25, 0.3) is 0 Å². The first kappa shape index (κ1) is 9.42. The highest BCUT2D eigenvalue weighted by molar-refractivity contribution is 8.19. The van der Waals surface area contributed by atoms with Crippen molar-refractivity contribution in [1.29, 1.82) is 0 Å². The SMILES string of the molecule is Cc1ccc(/C=N/SC=S)cc1. The van der Waals surface area contributed by atoms with Crippen molar-refractivity contribution in [3.8, 4) is 0 Å². The Kier molecular flexibility index (Phi) is 3.97. The fourth-order valence-electron chi connectivity index (χ4n) is 0.769. The molecule has 12 heavy (non-hydrogen) atoms. The van der Waals surface area contributed by atoms with E-state index in [1.165, 1.54) is 22.2 Å². The van der Waals surface area contributed by atoms with Crippen LogP contribution in [0, 0.1) is 6.92 Å². The summed E-state index contributed by atoms with van der Waals surface area (Å²) in [4.78, 5) is 0. The first-order valence-corrected chi connectivity index (χ1v) is 4.83. The number of benzene rings is 1. The van der Waals surface area contributed by atoms with Crippen molar-refractivity contribution in [2.24, 2.45) is 4.40 Å². The molecule has 0 radical (unpaired) electrons. The molecule has 1 rings (SSSR count). The summed E-state index contributed by atoms with van der Waals surface area (Å²) in [6.45, 7) is 2.06. The monoisotopic (exact) mass is 195 g/mol. The van der Waals surface area contributed by atoms with E-state index in [1.807, 2.05) is 12.1 Å². The molecule has 62 valence electrons. The molecular formula is C9H9NS2. The van der Waals surface area contributed by atoms with Gasteiger partial charge < -0.3 is 0 Å². The molecule has 0 unspecified atom stereocenters. The van der Waals surface area contributed by atoms with Gasteiger partial charge in [0.15, 0.2) is 0 Å². The average molecular weight is 195 g/mol. The lowest BCUT2D eigenvalue weighted by Gasteiger charge is -1.92. The molecule has 0 aromatic heterocycles. The van der Waals surface area contributed by atoms with Crippen molar-refractivity contribution in [2.75, 3.05) is 0 Å². The van der Waals surface area contributed by atoms with Gasteiger partial charge in [-0.1, -0.05) is 42.0 Å². The minimum absolute atomic E-state index is 1.10. The molecule has 0 aliphatic rings. The maximum Gasteiger partial charge on any atom is 0.0574 e. The van der Waals surface area contributed by atoms with E-state index in [2.05, 4.69) is 35.7 Å². The largest absolute Gasteiger partial charge is 0.219 e. The van der Waals surface area contributed by atoms with Crippen LogP contribution in [0.15, 0.2) is 28.7 Å². The van der Waals surface area contributed by atoms with Gasteiger partial charge in [0.2, 0.25) is 0 Å². The zero-order valence-corrected chi connectivity index (χ0v) is 8.36. The lowest BCUT2D eigenvalue weighted by molar-refractivity contribution is 1.47. The summed E-state index contributed by atoms with van der Waals surface area (Å²) in [5.74, 6) is 0. The van der Waals surface area contributed by atoms with Crippen LogP contribution in [-0.4, -0.2) is 10.9 Å². The minimum atomic E-state index is 1.10.